The smallest absolute Gasteiger partial charge is 0.272 e. The second-order valence-corrected chi connectivity index (χ2v) is 4.87. The van der Waals surface area contributed by atoms with Gasteiger partial charge in [-0.3, -0.25) is 10.1 Å². The fourth-order valence-corrected chi connectivity index (χ4v) is 1.94. The molecule has 110 valence electrons. The molecule has 1 N–H and O–H groups in total. The van der Waals surface area contributed by atoms with Gasteiger partial charge in [0, 0.05) is 38.1 Å². The van der Waals surface area contributed by atoms with Gasteiger partial charge in [-0.25, -0.2) is 4.39 Å². The topological polar surface area (TPSA) is 58.4 Å². The number of nitro benzene ring substituents is 1. The van der Waals surface area contributed by atoms with Gasteiger partial charge in [0.15, 0.2) is 0 Å². The van der Waals surface area contributed by atoms with E-state index in [9.17, 15) is 14.5 Å². The number of nitrogens with zero attached hydrogens (tertiary/aromatic N) is 2. The summed E-state index contributed by atoms with van der Waals surface area (Å²) >= 11 is 0. The van der Waals surface area contributed by atoms with E-state index in [0.717, 1.165) is 17.4 Å². The van der Waals surface area contributed by atoms with Crippen molar-refractivity contribution in [2.75, 3.05) is 24.3 Å². The zero-order valence-corrected chi connectivity index (χ0v) is 11.8. The minimum absolute atomic E-state index is 0.242. The summed E-state index contributed by atoms with van der Waals surface area (Å²) in [5.41, 5.74) is 2.18. The van der Waals surface area contributed by atoms with Crippen molar-refractivity contribution in [2.45, 2.75) is 6.54 Å². The first-order valence-corrected chi connectivity index (χ1v) is 6.41. The van der Waals surface area contributed by atoms with E-state index in [1.165, 1.54) is 12.1 Å². The molecule has 0 amide bonds. The van der Waals surface area contributed by atoms with Crippen LogP contribution in [0, 0.1) is 15.9 Å². The second kappa shape index (κ2) is 6.21. The number of rotatable bonds is 5. The molecule has 0 saturated carbocycles. The second-order valence-electron chi connectivity index (χ2n) is 4.87. The SMILES string of the molecule is CN(C)c1cccc(NCc2cc(F)cc([N+](=O)[O-])c2)c1. The lowest BCUT2D eigenvalue weighted by molar-refractivity contribution is -0.385. The van der Waals surface area contributed by atoms with Gasteiger partial charge in [-0.2, -0.15) is 0 Å². The Morgan fingerprint density at radius 2 is 2.00 bits per heavy atom. The van der Waals surface area contributed by atoms with E-state index in [4.69, 9.17) is 0 Å². The summed E-state index contributed by atoms with van der Waals surface area (Å²) < 4.78 is 13.3. The highest BCUT2D eigenvalue weighted by Gasteiger charge is 2.09. The number of hydrogen-bond donors (Lipinski definition) is 1. The fourth-order valence-electron chi connectivity index (χ4n) is 1.94. The maximum absolute atomic E-state index is 13.3. The van der Waals surface area contributed by atoms with E-state index < -0.39 is 10.7 Å². The summed E-state index contributed by atoms with van der Waals surface area (Å²) in [7, 11) is 3.88. The number of anilines is 2. The molecule has 21 heavy (non-hydrogen) atoms. The molecule has 2 rings (SSSR count). The summed E-state index contributed by atoms with van der Waals surface area (Å²) in [5, 5.41) is 13.8. The highest BCUT2D eigenvalue weighted by molar-refractivity contribution is 5.57. The lowest BCUT2D eigenvalue weighted by Gasteiger charge is -2.14. The monoisotopic (exact) mass is 289 g/mol. The molecule has 0 spiro atoms. The normalized spacial score (nSPS) is 10.2. The lowest BCUT2D eigenvalue weighted by atomic mass is 10.2. The van der Waals surface area contributed by atoms with Crippen LogP contribution in [0.3, 0.4) is 0 Å². The average Bonchev–Trinajstić information content (AvgIpc) is 2.45. The van der Waals surface area contributed by atoms with Crippen LogP contribution in [-0.2, 0) is 6.54 Å². The van der Waals surface area contributed by atoms with Crippen LogP contribution >= 0.6 is 0 Å². The Morgan fingerprint density at radius 1 is 1.24 bits per heavy atom. The third-order valence-corrected chi connectivity index (χ3v) is 3.01. The molecule has 5 nitrogen and oxygen atoms in total. The third kappa shape index (κ3) is 3.92. The number of non-ortho nitro benzene ring substituents is 1. The molecular weight excluding hydrogens is 273 g/mol. The molecule has 0 unspecified atom stereocenters. The molecule has 0 aliphatic rings. The molecule has 0 aliphatic heterocycles. The summed E-state index contributed by atoms with van der Waals surface area (Å²) in [5.74, 6) is -0.608. The van der Waals surface area contributed by atoms with Crippen LogP contribution in [0.15, 0.2) is 42.5 Å². The van der Waals surface area contributed by atoms with Crippen molar-refractivity contribution in [3.63, 3.8) is 0 Å². The molecule has 0 aliphatic carbocycles. The Bertz CT molecular complexity index is 659. The third-order valence-electron chi connectivity index (χ3n) is 3.01. The largest absolute Gasteiger partial charge is 0.381 e. The van der Waals surface area contributed by atoms with E-state index in [-0.39, 0.29) is 5.69 Å². The number of halogens is 1. The predicted octanol–water partition coefficient (Wildman–Crippen LogP) is 3.41. The van der Waals surface area contributed by atoms with Gasteiger partial charge in [0.05, 0.1) is 11.0 Å². The van der Waals surface area contributed by atoms with Gasteiger partial charge in [0.1, 0.15) is 5.82 Å². The Kier molecular flexibility index (Phi) is 4.37. The molecule has 0 heterocycles. The van der Waals surface area contributed by atoms with Gasteiger partial charge in [0.2, 0.25) is 0 Å². The van der Waals surface area contributed by atoms with Crippen molar-refractivity contribution in [1.82, 2.24) is 0 Å². The van der Waals surface area contributed by atoms with Crippen LogP contribution in [-0.4, -0.2) is 19.0 Å². The first kappa shape index (κ1) is 14.8. The Morgan fingerprint density at radius 3 is 2.67 bits per heavy atom. The van der Waals surface area contributed by atoms with E-state index >= 15 is 0 Å². The minimum atomic E-state index is -0.608. The summed E-state index contributed by atoms with van der Waals surface area (Å²) in [6, 6.07) is 11.3. The lowest BCUT2D eigenvalue weighted by Crippen LogP contribution is -2.09. The van der Waals surface area contributed by atoms with Crippen LogP contribution < -0.4 is 10.2 Å². The van der Waals surface area contributed by atoms with E-state index in [0.29, 0.717) is 12.1 Å². The molecule has 0 atom stereocenters. The van der Waals surface area contributed by atoms with Gasteiger partial charge in [-0.05, 0) is 29.8 Å². The Balaban J connectivity index is 2.13. The van der Waals surface area contributed by atoms with Crippen LogP contribution in [0.2, 0.25) is 0 Å². The minimum Gasteiger partial charge on any atom is -0.381 e. The Hall–Kier alpha value is -2.63. The molecule has 0 saturated heterocycles. The van der Waals surface area contributed by atoms with Gasteiger partial charge in [-0.15, -0.1) is 0 Å². The van der Waals surface area contributed by atoms with Crippen molar-refractivity contribution in [3.8, 4) is 0 Å². The quantitative estimate of drug-likeness (QED) is 0.677. The van der Waals surface area contributed by atoms with E-state index in [1.807, 2.05) is 43.3 Å². The standard InChI is InChI=1S/C15H16FN3O2/c1-18(2)14-5-3-4-13(9-14)17-10-11-6-12(16)8-15(7-11)19(20)21/h3-9,17H,10H2,1-2H3. The molecule has 2 aromatic rings. The molecule has 0 aromatic heterocycles. The van der Waals surface area contributed by atoms with Crippen LogP contribution in [0.25, 0.3) is 0 Å². The van der Waals surface area contributed by atoms with Gasteiger partial charge >= 0.3 is 0 Å². The first-order chi connectivity index (χ1) is 9.95. The molecule has 0 fully saturated rings. The van der Waals surface area contributed by atoms with Crippen molar-refractivity contribution in [3.05, 3.63) is 64.0 Å². The fraction of sp³-hybridized carbons (Fsp3) is 0.200. The zero-order valence-electron chi connectivity index (χ0n) is 11.8. The van der Waals surface area contributed by atoms with Crippen molar-refractivity contribution in [1.29, 1.82) is 0 Å². The molecule has 6 heteroatoms. The number of nitrogens with one attached hydrogen (secondary N) is 1. The number of benzene rings is 2. The molecule has 0 bridgehead atoms. The summed E-state index contributed by atoms with van der Waals surface area (Å²) in [6.07, 6.45) is 0. The molecular formula is C15H16FN3O2. The van der Waals surface area contributed by atoms with Crippen molar-refractivity contribution in [2.24, 2.45) is 0 Å². The highest BCUT2D eigenvalue weighted by atomic mass is 19.1. The first-order valence-electron chi connectivity index (χ1n) is 6.41. The maximum atomic E-state index is 13.3. The van der Waals surface area contributed by atoms with Gasteiger partial charge < -0.3 is 10.2 Å². The van der Waals surface area contributed by atoms with Gasteiger partial charge in [-0.1, -0.05) is 6.07 Å². The van der Waals surface area contributed by atoms with E-state index in [1.54, 1.807) is 0 Å². The van der Waals surface area contributed by atoms with Crippen LogP contribution in [0.1, 0.15) is 5.56 Å². The van der Waals surface area contributed by atoms with Crippen LogP contribution in [0.4, 0.5) is 21.5 Å². The van der Waals surface area contributed by atoms with Gasteiger partial charge in [0.25, 0.3) is 5.69 Å². The van der Waals surface area contributed by atoms with Crippen molar-refractivity contribution >= 4 is 17.1 Å². The zero-order chi connectivity index (χ0) is 15.4. The Labute approximate surface area is 122 Å². The molecule has 0 radical (unpaired) electrons. The average molecular weight is 289 g/mol. The number of nitro groups is 1. The summed E-state index contributed by atoms with van der Waals surface area (Å²) in [4.78, 5) is 12.1. The molecule has 2 aromatic carbocycles. The van der Waals surface area contributed by atoms with E-state index in [2.05, 4.69) is 5.32 Å². The summed E-state index contributed by atoms with van der Waals surface area (Å²) in [6.45, 7) is 0.315. The maximum Gasteiger partial charge on any atom is 0.272 e. The van der Waals surface area contributed by atoms with Crippen LogP contribution in [0.5, 0.6) is 0 Å². The predicted molar refractivity (Wildman–Crippen MR) is 81.2 cm³/mol. The number of hydrogen-bond acceptors (Lipinski definition) is 4. The van der Waals surface area contributed by atoms with Crippen molar-refractivity contribution < 1.29 is 9.31 Å². The highest BCUT2D eigenvalue weighted by Crippen LogP contribution is 2.20.